The Morgan fingerprint density at radius 3 is 2.38 bits per heavy atom. The normalized spacial score (nSPS) is 18.9. The zero-order valence-corrected chi connectivity index (χ0v) is 20.6. The number of rotatable bonds is 7. The molecule has 4 rings (SSSR count). The molecule has 1 atom stereocenters. The van der Waals surface area contributed by atoms with Crippen LogP contribution in [-0.4, -0.2) is 79.1 Å². The Morgan fingerprint density at radius 2 is 1.79 bits per heavy atom. The van der Waals surface area contributed by atoms with E-state index in [0.717, 1.165) is 24.8 Å². The Bertz CT molecular complexity index is 1060. The summed E-state index contributed by atoms with van der Waals surface area (Å²) in [5.74, 6) is 0.927. The molecule has 1 saturated heterocycles. The SMILES string of the molecule is COC(=O)c1c(NC(=O)CN2CCN(CC(=O)Nc3cc(C)on3)CC2)sc2c1CC[C@@H](C)C2. The Balaban J connectivity index is 1.27. The van der Waals surface area contributed by atoms with Crippen molar-refractivity contribution in [2.24, 2.45) is 5.92 Å². The van der Waals surface area contributed by atoms with E-state index >= 15 is 0 Å². The fraction of sp³-hybridized carbons (Fsp3) is 0.565. The van der Waals surface area contributed by atoms with Crippen LogP contribution in [-0.2, 0) is 27.2 Å². The molecule has 34 heavy (non-hydrogen) atoms. The predicted molar refractivity (Wildman–Crippen MR) is 128 cm³/mol. The molecule has 2 amide bonds. The number of piperazine rings is 1. The van der Waals surface area contributed by atoms with E-state index in [0.29, 0.717) is 54.2 Å². The second-order valence-corrected chi connectivity index (χ2v) is 10.1. The van der Waals surface area contributed by atoms with Crippen molar-refractivity contribution in [3.05, 3.63) is 27.8 Å². The number of esters is 1. The molecular formula is C23H31N5O5S. The summed E-state index contributed by atoms with van der Waals surface area (Å²) in [5, 5.41) is 10.0. The molecule has 11 heteroatoms. The monoisotopic (exact) mass is 489 g/mol. The molecule has 2 aliphatic rings. The van der Waals surface area contributed by atoms with Gasteiger partial charge in [-0.3, -0.25) is 19.4 Å². The van der Waals surface area contributed by atoms with Crippen molar-refractivity contribution in [3.8, 4) is 0 Å². The fourth-order valence-electron chi connectivity index (χ4n) is 4.44. The molecule has 0 spiro atoms. The van der Waals surface area contributed by atoms with Crippen LogP contribution in [0.2, 0.25) is 0 Å². The molecule has 2 N–H and O–H groups in total. The zero-order valence-electron chi connectivity index (χ0n) is 19.8. The molecule has 1 aliphatic heterocycles. The first-order valence-electron chi connectivity index (χ1n) is 11.5. The van der Waals surface area contributed by atoms with Crippen molar-refractivity contribution in [2.45, 2.75) is 33.1 Å². The number of fused-ring (bicyclic) bond motifs is 1. The minimum atomic E-state index is -0.393. The van der Waals surface area contributed by atoms with Gasteiger partial charge in [0.25, 0.3) is 0 Å². The fourth-order valence-corrected chi connectivity index (χ4v) is 5.86. The van der Waals surface area contributed by atoms with E-state index in [1.54, 1.807) is 13.0 Å². The first kappa shape index (κ1) is 24.4. The van der Waals surface area contributed by atoms with Gasteiger partial charge in [-0.25, -0.2) is 4.79 Å². The molecule has 0 radical (unpaired) electrons. The number of carbonyl (C=O) groups excluding carboxylic acids is 3. The van der Waals surface area contributed by atoms with Crippen LogP contribution in [0.15, 0.2) is 10.6 Å². The van der Waals surface area contributed by atoms with Crippen LogP contribution in [0, 0.1) is 12.8 Å². The van der Waals surface area contributed by atoms with Crippen molar-refractivity contribution >= 4 is 39.9 Å². The topological polar surface area (TPSA) is 117 Å². The summed E-state index contributed by atoms with van der Waals surface area (Å²) in [6.07, 6.45) is 2.78. The number of amides is 2. The van der Waals surface area contributed by atoms with Crippen molar-refractivity contribution in [3.63, 3.8) is 0 Å². The third-order valence-electron chi connectivity index (χ3n) is 6.25. The van der Waals surface area contributed by atoms with E-state index in [4.69, 9.17) is 9.26 Å². The van der Waals surface area contributed by atoms with Gasteiger partial charge in [0.1, 0.15) is 10.8 Å². The lowest BCUT2D eigenvalue weighted by molar-refractivity contribution is -0.120. The summed E-state index contributed by atoms with van der Waals surface area (Å²) in [6.45, 7) is 7.16. The molecule has 1 fully saturated rings. The Morgan fingerprint density at radius 1 is 1.15 bits per heavy atom. The number of aromatic nitrogens is 1. The van der Waals surface area contributed by atoms with E-state index in [9.17, 15) is 14.4 Å². The van der Waals surface area contributed by atoms with Gasteiger partial charge in [-0.05, 0) is 37.7 Å². The van der Waals surface area contributed by atoms with E-state index in [-0.39, 0.29) is 24.9 Å². The minimum Gasteiger partial charge on any atom is -0.465 e. The number of hydrogen-bond donors (Lipinski definition) is 2. The average Bonchev–Trinajstić information content (AvgIpc) is 3.36. The Labute approximate surface area is 202 Å². The zero-order chi connectivity index (χ0) is 24.2. The van der Waals surface area contributed by atoms with Gasteiger partial charge in [-0.15, -0.1) is 11.3 Å². The van der Waals surface area contributed by atoms with Crippen LogP contribution in [0.3, 0.4) is 0 Å². The van der Waals surface area contributed by atoms with Gasteiger partial charge in [0.15, 0.2) is 5.82 Å². The van der Waals surface area contributed by atoms with E-state index in [1.807, 2.05) is 4.90 Å². The summed E-state index contributed by atoms with van der Waals surface area (Å²) in [4.78, 5) is 42.7. The number of carbonyl (C=O) groups is 3. The maximum atomic E-state index is 12.8. The van der Waals surface area contributed by atoms with E-state index < -0.39 is 5.97 Å². The molecule has 0 aromatic carbocycles. The number of hydrogen-bond acceptors (Lipinski definition) is 9. The lowest BCUT2D eigenvalue weighted by Gasteiger charge is -2.33. The van der Waals surface area contributed by atoms with Crippen molar-refractivity contribution < 1.29 is 23.6 Å². The highest BCUT2D eigenvalue weighted by molar-refractivity contribution is 7.17. The smallest absolute Gasteiger partial charge is 0.341 e. The highest BCUT2D eigenvalue weighted by atomic mass is 32.1. The molecule has 2 aromatic heterocycles. The van der Waals surface area contributed by atoms with E-state index in [1.165, 1.54) is 23.3 Å². The second-order valence-electron chi connectivity index (χ2n) is 9.02. The number of ether oxygens (including phenoxy) is 1. The largest absolute Gasteiger partial charge is 0.465 e. The quantitative estimate of drug-likeness (QED) is 0.568. The summed E-state index contributed by atoms with van der Waals surface area (Å²) in [5.41, 5.74) is 1.54. The van der Waals surface area contributed by atoms with Gasteiger partial charge >= 0.3 is 5.97 Å². The predicted octanol–water partition coefficient (Wildman–Crippen LogP) is 2.15. The van der Waals surface area contributed by atoms with Gasteiger partial charge in [-0.1, -0.05) is 12.1 Å². The minimum absolute atomic E-state index is 0.147. The lowest BCUT2D eigenvalue weighted by atomic mass is 9.88. The molecular weight excluding hydrogens is 458 g/mol. The van der Waals surface area contributed by atoms with Gasteiger partial charge in [0.05, 0.1) is 25.8 Å². The van der Waals surface area contributed by atoms with Crippen LogP contribution >= 0.6 is 11.3 Å². The first-order chi connectivity index (χ1) is 16.3. The highest BCUT2D eigenvalue weighted by Gasteiger charge is 2.29. The van der Waals surface area contributed by atoms with Gasteiger partial charge in [-0.2, -0.15) is 0 Å². The molecule has 10 nitrogen and oxygen atoms in total. The van der Waals surface area contributed by atoms with Crippen LogP contribution in [0.25, 0.3) is 0 Å². The second kappa shape index (κ2) is 10.7. The van der Waals surface area contributed by atoms with Crippen LogP contribution in [0.5, 0.6) is 0 Å². The highest BCUT2D eigenvalue weighted by Crippen LogP contribution is 2.40. The molecule has 0 saturated carbocycles. The Kier molecular flexibility index (Phi) is 7.64. The standard InChI is InChI=1S/C23H31N5O5S/c1-14-4-5-16-17(10-14)34-22(21(16)23(31)32-3)25-20(30)13-28-8-6-27(7-9-28)12-19(29)24-18-11-15(2)33-26-18/h11,14H,4-10,12-13H2,1-3H3,(H,25,30)(H,24,26,29)/t14-/m1/s1. The van der Waals surface area contributed by atoms with Crippen LogP contribution in [0.4, 0.5) is 10.8 Å². The number of anilines is 2. The van der Waals surface area contributed by atoms with Crippen LogP contribution in [0.1, 0.15) is 39.9 Å². The maximum Gasteiger partial charge on any atom is 0.341 e. The van der Waals surface area contributed by atoms with Crippen LogP contribution < -0.4 is 10.6 Å². The maximum absolute atomic E-state index is 12.8. The van der Waals surface area contributed by atoms with Crippen molar-refractivity contribution in [1.29, 1.82) is 0 Å². The number of nitrogens with one attached hydrogen (secondary N) is 2. The van der Waals surface area contributed by atoms with Crippen molar-refractivity contribution in [2.75, 3.05) is 57.0 Å². The van der Waals surface area contributed by atoms with Gasteiger partial charge < -0.3 is 19.9 Å². The summed E-state index contributed by atoms with van der Waals surface area (Å²) in [6, 6.07) is 1.67. The number of thiophene rings is 1. The summed E-state index contributed by atoms with van der Waals surface area (Å²) in [7, 11) is 1.37. The molecule has 0 bridgehead atoms. The molecule has 184 valence electrons. The van der Waals surface area contributed by atoms with Gasteiger partial charge in [0.2, 0.25) is 11.8 Å². The summed E-state index contributed by atoms with van der Waals surface area (Å²) < 4.78 is 9.96. The first-order valence-corrected chi connectivity index (χ1v) is 12.3. The van der Waals surface area contributed by atoms with E-state index in [2.05, 4.69) is 27.6 Å². The van der Waals surface area contributed by atoms with Crippen molar-refractivity contribution in [1.82, 2.24) is 15.0 Å². The van der Waals surface area contributed by atoms with Gasteiger partial charge in [0, 0.05) is 37.1 Å². The molecule has 1 aliphatic carbocycles. The lowest BCUT2D eigenvalue weighted by Crippen LogP contribution is -2.50. The number of nitrogens with zero attached hydrogens (tertiary/aromatic N) is 3. The Hall–Kier alpha value is -2.76. The average molecular weight is 490 g/mol. The number of methoxy groups -OCH3 is 1. The molecule has 2 aromatic rings. The summed E-state index contributed by atoms with van der Waals surface area (Å²) >= 11 is 1.49. The third kappa shape index (κ3) is 5.83. The third-order valence-corrected chi connectivity index (χ3v) is 7.42. The number of aryl methyl sites for hydroxylation is 1. The molecule has 0 unspecified atom stereocenters. The molecule has 3 heterocycles.